The van der Waals surface area contributed by atoms with Crippen LogP contribution in [-0.4, -0.2) is 22.1 Å². The Bertz CT molecular complexity index is 1300. The van der Waals surface area contributed by atoms with Crippen LogP contribution in [0.3, 0.4) is 0 Å². The van der Waals surface area contributed by atoms with Crippen molar-refractivity contribution < 1.29 is 9.53 Å². The third kappa shape index (κ3) is 2.70. The van der Waals surface area contributed by atoms with Gasteiger partial charge < -0.3 is 14.3 Å². The van der Waals surface area contributed by atoms with E-state index in [1.54, 1.807) is 17.6 Å². The van der Waals surface area contributed by atoms with Crippen molar-refractivity contribution in [3.8, 4) is 22.5 Å². The fourth-order valence-electron chi connectivity index (χ4n) is 4.22. The molecule has 5 nitrogen and oxygen atoms in total. The second-order valence-electron chi connectivity index (χ2n) is 7.14. The summed E-state index contributed by atoms with van der Waals surface area (Å²) in [6, 6.07) is 19.2. The summed E-state index contributed by atoms with van der Waals surface area (Å²) in [7, 11) is 0. The number of ether oxygens (including phenoxy) is 1. The van der Waals surface area contributed by atoms with Crippen molar-refractivity contribution in [3.05, 3.63) is 82.1 Å². The maximum Gasteiger partial charge on any atom is 0.340 e. The highest BCUT2D eigenvalue weighted by Crippen LogP contribution is 2.37. The second-order valence-corrected chi connectivity index (χ2v) is 7.14. The number of H-pyrrole nitrogens is 1. The van der Waals surface area contributed by atoms with Crippen LogP contribution < -0.4 is 5.56 Å². The summed E-state index contributed by atoms with van der Waals surface area (Å²) in [5.74, 6) is -0.417. The zero-order valence-electron chi connectivity index (χ0n) is 16.1. The number of fused-ring (bicyclic) bond motifs is 5. The van der Waals surface area contributed by atoms with Crippen LogP contribution in [0.2, 0.25) is 0 Å². The number of hydrogen-bond donors (Lipinski definition) is 1. The van der Waals surface area contributed by atoms with E-state index in [2.05, 4.69) is 11.1 Å². The first kappa shape index (κ1) is 17.5. The van der Waals surface area contributed by atoms with Gasteiger partial charge in [0.1, 0.15) is 0 Å². The lowest BCUT2D eigenvalue weighted by atomic mass is 9.96. The largest absolute Gasteiger partial charge is 0.462 e. The van der Waals surface area contributed by atoms with Crippen molar-refractivity contribution >= 4 is 16.9 Å². The Balaban J connectivity index is 1.84. The first-order valence-corrected chi connectivity index (χ1v) is 9.79. The van der Waals surface area contributed by atoms with Gasteiger partial charge in [-0.2, -0.15) is 0 Å². The fraction of sp³-hybridized carbons (Fsp3) is 0.167. The summed E-state index contributed by atoms with van der Waals surface area (Å²) in [4.78, 5) is 29.7. The lowest BCUT2D eigenvalue weighted by Crippen LogP contribution is -2.30. The summed E-state index contributed by atoms with van der Waals surface area (Å²) in [6.45, 7) is 2.58. The molecule has 0 atom stereocenters. The summed E-state index contributed by atoms with van der Waals surface area (Å²) in [6.07, 6.45) is 0.729. The van der Waals surface area contributed by atoms with Gasteiger partial charge in [0.2, 0.25) is 0 Å². The van der Waals surface area contributed by atoms with Crippen LogP contribution in [-0.2, 0) is 17.7 Å². The van der Waals surface area contributed by atoms with Gasteiger partial charge >= 0.3 is 5.97 Å². The van der Waals surface area contributed by atoms with Gasteiger partial charge in [0, 0.05) is 23.0 Å². The number of hydrogen-bond acceptors (Lipinski definition) is 3. The molecule has 0 amide bonds. The molecule has 0 aliphatic carbocycles. The molecular weight excluding hydrogens is 364 g/mol. The van der Waals surface area contributed by atoms with Crippen molar-refractivity contribution in [2.75, 3.05) is 6.61 Å². The summed E-state index contributed by atoms with van der Waals surface area (Å²) in [5, 5.41) is 1.13. The summed E-state index contributed by atoms with van der Waals surface area (Å²) >= 11 is 0. The number of rotatable bonds is 3. The lowest BCUT2D eigenvalue weighted by Gasteiger charge is -2.23. The van der Waals surface area contributed by atoms with Gasteiger partial charge in [-0.3, -0.25) is 4.79 Å². The number of nitrogens with one attached hydrogen (secondary N) is 1. The standard InChI is InChI=1S/C24H20N2O3/c1-2-29-24(28)19-14-18(15-8-4-3-5-9-15)23(27)26-13-12-17-16-10-6-7-11-20(16)25-21(17)22(19)26/h3-11,14,25H,2,12-13H2,1H3. The highest BCUT2D eigenvalue weighted by Gasteiger charge is 2.29. The molecule has 1 aliphatic heterocycles. The number of benzene rings is 2. The minimum atomic E-state index is -0.417. The van der Waals surface area contributed by atoms with Gasteiger partial charge in [-0.15, -0.1) is 0 Å². The molecule has 0 fully saturated rings. The average Bonchev–Trinajstić information content (AvgIpc) is 3.14. The van der Waals surface area contributed by atoms with E-state index in [1.807, 2.05) is 48.5 Å². The molecule has 1 aliphatic rings. The molecule has 29 heavy (non-hydrogen) atoms. The zero-order chi connectivity index (χ0) is 20.0. The van der Waals surface area contributed by atoms with Crippen LogP contribution in [0.25, 0.3) is 33.4 Å². The van der Waals surface area contributed by atoms with Gasteiger partial charge in [0.15, 0.2) is 0 Å². The van der Waals surface area contributed by atoms with Gasteiger partial charge in [-0.1, -0.05) is 48.5 Å². The number of carbonyl (C=O) groups is 1. The van der Waals surface area contributed by atoms with E-state index in [4.69, 9.17) is 4.74 Å². The Morgan fingerprint density at radius 3 is 2.66 bits per heavy atom. The van der Waals surface area contributed by atoms with E-state index in [0.717, 1.165) is 34.1 Å². The molecule has 5 heteroatoms. The van der Waals surface area contributed by atoms with Crippen LogP contribution in [0, 0.1) is 0 Å². The molecule has 0 saturated carbocycles. The molecule has 2 aromatic heterocycles. The fourth-order valence-corrected chi connectivity index (χ4v) is 4.22. The first-order chi connectivity index (χ1) is 14.2. The van der Waals surface area contributed by atoms with Crippen LogP contribution in [0.15, 0.2) is 65.5 Å². The van der Waals surface area contributed by atoms with Gasteiger partial charge in [-0.05, 0) is 36.6 Å². The average molecular weight is 384 g/mol. The molecular formula is C24H20N2O3. The maximum atomic E-state index is 13.4. The van der Waals surface area contributed by atoms with E-state index in [1.165, 1.54) is 0 Å². The number of pyridine rings is 1. The highest BCUT2D eigenvalue weighted by molar-refractivity contribution is 6.00. The van der Waals surface area contributed by atoms with E-state index >= 15 is 0 Å². The zero-order valence-corrected chi connectivity index (χ0v) is 16.1. The second kappa shape index (κ2) is 6.78. The van der Waals surface area contributed by atoms with E-state index in [-0.39, 0.29) is 12.2 Å². The number of nitrogens with zero attached hydrogens (tertiary/aromatic N) is 1. The normalized spacial score (nSPS) is 12.4. The number of esters is 1. The third-order valence-corrected chi connectivity index (χ3v) is 5.51. The van der Waals surface area contributed by atoms with Gasteiger partial charge in [0.25, 0.3) is 5.56 Å². The van der Waals surface area contributed by atoms with Crippen molar-refractivity contribution in [2.24, 2.45) is 0 Å². The first-order valence-electron chi connectivity index (χ1n) is 9.79. The molecule has 0 spiro atoms. The minimum absolute atomic E-state index is 0.0939. The Hall–Kier alpha value is -3.60. The number of para-hydroxylation sites is 1. The number of carbonyl (C=O) groups excluding carboxylic acids is 1. The lowest BCUT2D eigenvalue weighted by molar-refractivity contribution is 0.0526. The smallest absolute Gasteiger partial charge is 0.340 e. The quantitative estimate of drug-likeness (QED) is 0.533. The molecule has 3 heterocycles. The van der Waals surface area contributed by atoms with Gasteiger partial charge in [0.05, 0.1) is 23.6 Å². The van der Waals surface area contributed by atoms with Crippen molar-refractivity contribution in [2.45, 2.75) is 19.9 Å². The Kier molecular flexibility index (Phi) is 4.09. The van der Waals surface area contributed by atoms with Crippen molar-refractivity contribution in [1.29, 1.82) is 0 Å². The van der Waals surface area contributed by atoms with Gasteiger partial charge in [-0.25, -0.2) is 4.79 Å². The van der Waals surface area contributed by atoms with Crippen molar-refractivity contribution in [3.63, 3.8) is 0 Å². The molecule has 144 valence electrons. The van der Waals surface area contributed by atoms with Crippen molar-refractivity contribution in [1.82, 2.24) is 9.55 Å². The highest BCUT2D eigenvalue weighted by atomic mass is 16.5. The molecule has 4 aromatic rings. The molecule has 2 aromatic carbocycles. The van der Waals surface area contributed by atoms with Crippen LogP contribution in [0.1, 0.15) is 22.8 Å². The molecule has 0 bridgehead atoms. The van der Waals surface area contributed by atoms with E-state index < -0.39 is 5.97 Å². The summed E-state index contributed by atoms with van der Waals surface area (Å²) < 4.78 is 7.06. The number of aromatic amines is 1. The molecule has 0 radical (unpaired) electrons. The Morgan fingerprint density at radius 1 is 1.10 bits per heavy atom. The molecule has 5 rings (SSSR count). The van der Waals surface area contributed by atoms with E-state index in [9.17, 15) is 9.59 Å². The summed E-state index contributed by atoms with van der Waals surface area (Å²) in [5.41, 5.74) is 5.21. The number of aromatic nitrogens is 2. The molecule has 0 saturated heterocycles. The van der Waals surface area contributed by atoms with Crippen LogP contribution in [0.4, 0.5) is 0 Å². The van der Waals surface area contributed by atoms with Crippen LogP contribution in [0.5, 0.6) is 0 Å². The van der Waals surface area contributed by atoms with E-state index in [0.29, 0.717) is 23.4 Å². The SMILES string of the molecule is CCOC(=O)c1cc(-c2ccccc2)c(=O)n2c1-c1[nH]c3ccccc3c1CC2. The topological polar surface area (TPSA) is 64.1 Å². The minimum Gasteiger partial charge on any atom is -0.462 e. The third-order valence-electron chi connectivity index (χ3n) is 5.51. The Labute approximate surface area is 167 Å². The predicted molar refractivity (Wildman–Crippen MR) is 113 cm³/mol. The van der Waals surface area contributed by atoms with Crippen LogP contribution >= 0.6 is 0 Å². The molecule has 0 unspecified atom stereocenters. The molecule has 1 N–H and O–H groups in total. The predicted octanol–water partition coefficient (Wildman–Crippen LogP) is 4.40. The maximum absolute atomic E-state index is 13.4. The Morgan fingerprint density at radius 2 is 1.86 bits per heavy atom. The monoisotopic (exact) mass is 384 g/mol. The number of aryl methyl sites for hydroxylation is 1.